The smallest absolute Gasteiger partial charge is 0.324 e. The molecule has 4 nitrogen and oxygen atoms in total. The second-order valence-corrected chi connectivity index (χ2v) is 4.70. The first-order valence-corrected chi connectivity index (χ1v) is 4.25. The molecule has 0 amide bonds. The molecule has 1 unspecified atom stereocenters. The van der Waals surface area contributed by atoms with Crippen LogP contribution in [0, 0.1) is 5.41 Å². The summed E-state index contributed by atoms with van der Waals surface area (Å²) in [5.74, 6) is -2.58. The van der Waals surface area contributed by atoms with E-state index in [1.165, 1.54) is 0 Å². The van der Waals surface area contributed by atoms with E-state index >= 15 is 0 Å². The summed E-state index contributed by atoms with van der Waals surface area (Å²) in [4.78, 5) is 21.7. The van der Waals surface area contributed by atoms with Crippen molar-refractivity contribution in [2.24, 2.45) is 5.41 Å². The molecule has 0 aliphatic carbocycles. The summed E-state index contributed by atoms with van der Waals surface area (Å²) in [6.45, 7) is -0.125. The maximum atomic E-state index is 11.0. The third-order valence-electron chi connectivity index (χ3n) is 1.69. The minimum atomic E-state index is -2.39. The van der Waals surface area contributed by atoms with E-state index in [0.29, 0.717) is 0 Å². The predicted octanol–water partition coefficient (Wildman–Crippen LogP) is 1.01. The Labute approximate surface area is 89.4 Å². The van der Waals surface area contributed by atoms with Crippen molar-refractivity contribution in [1.82, 2.24) is 0 Å². The number of hydrogen-bond acceptors (Lipinski definition) is 3. The fourth-order valence-electron chi connectivity index (χ4n) is 0.740. The number of carboxylic acids is 1. The molecule has 2 N–H and O–H groups in total. The number of carbonyl (C=O) groups is 2. The molecular formula is C6H7Cl3O4. The molecule has 0 saturated heterocycles. The van der Waals surface area contributed by atoms with Crippen LogP contribution >= 0.6 is 34.8 Å². The van der Waals surface area contributed by atoms with Crippen molar-refractivity contribution in [2.75, 3.05) is 6.61 Å². The lowest BCUT2D eigenvalue weighted by Crippen LogP contribution is -2.51. The molecule has 0 rings (SSSR count). The number of aliphatic carboxylic acids is 1. The van der Waals surface area contributed by atoms with Gasteiger partial charge in [0.15, 0.2) is 11.2 Å². The lowest BCUT2D eigenvalue weighted by molar-refractivity contribution is -0.156. The molecule has 0 saturated carbocycles. The van der Waals surface area contributed by atoms with E-state index in [0.717, 1.165) is 6.92 Å². The highest BCUT2D eigenvalue weighted by Crippen LogP contribution is 2.45. The van der Waals surface area contributed by atoms with Crippen molar-refractivity contribution >= 4 is 46.6 Å². The quantitative estimate of drug-likeness (QED) is 0.578. The normalized spacial score (nSPS) is 16.4. The van der Waals surface area contributed by atoms with E-state index in [1.807, 2.05) is 0 Å². The molecule has 0 aromatic heterocycles. The van der Waals surface area contributed by atoms with Crippen molar-refractivity contribution < 1.29 is 19.8 Å². The molecule has 0 aromatic rings. The lowest BCUT2D eigenvalue weighted by atomic mass is 9.87. The molecule has 76 valence electrons. The van der Waals surface area contributed by atoms with Crippen LogP contribution in [0.25, 0.3) is 0 Å². The predicted molar refractivity (Wildman–Crippen MR) is 48.1 cm³/mol. The Morgan fingerprint density at radius 3 is 1.69 bits per heavy atom. The number of halogens is 3. The van der Waals surface area contributed by atoms with E-state index in [-0.39, 0.29) is 0 Å². The molecule has 7 heteroatoms. The van der Waals surface area contributed by atoms with Gasteiger partial charge in [-0.3, -0.25) is 9.59 Å². The Morgan fingerprint density at radius 1 is 1.31 bits per heavy atom. The second kappa shape index (κ2) is 4.00. The number of alkyl halides is 3. The zero-order valence-corrected chi connectivity index (χ0v) is 8.82. The van der Waals surface area contributed by atoms with Crippen LogP contribution in [0.5, 0.6) is 0 Å². The van der Waals surface area contributed by atoms with Gasteiger partial charge in [0.2, 0.25) is 3.79 Å². The number of ketones is 1. The number of hydrogen-bond donors (Lipinski definition) is 2. The summed E-state index contributed by atoms with van der Waals surface area (Å²) >= 11 is 15.9. The number of carbonyl (C=O) groups excluding carboxylic acids is 1. The third kappa shape index (κ3) is 2.07. The van der Waals surface area contributed by atoms with Crippen LogP contribution in [0.1, 0.15) is 6.92 Å². The van der Waals surface area contributed by atoms with Gasteiger partial charge in [-0.25, -0.2) is 0 Å². The zero-order chi connectivity index (χ0) is 10.9. The van der Waals surface area contributed by atoms with Gasteiger partial charge in [0.1, 0.15) is 0 Å². The van der Waals surface area contributed by atoms with Gasteiger partial charge in [-0.2, -0.15) is 0 Å². The molecule has 0 spiro atoms. The molecule has 0 aromatic carbocycles. The van der Waals surface area contributed by atoms with Crippen molar-refractivity contribution in [3.05, 3.63) is 0 Å². The molecule has 13 heavy (non-hydrogen) atoms. The van der Waals surface area contributed by atoms with Crippen LogP contribution < -0.4 is 0 Å². The van der Waals surface area contributed by atoms with Gasteiger partial charge >= 0.3 is 5.97 Å². The standard InChI is InChI=1S/C6H7Cl3O4/c1-3(11)5(2-10,4(12)13)6(7,8)9/h10H,2H2,1H3,(H,12,13). The SMILES string of the molecule is CC(=O)C(CO)(C(=O)O)C(Cl)(Cl)Cl. The first kappa shape index (κ1) is 13.0. The first-order valence-electron chi connectivity index (χ1n) is 3.12. The van der Waals surface area contributed by atoms with Crippen LogP contribution in [0.2, 0.25) is 0 Å². The highest BCUT2D eigenvalue weighted by Gasteiger charge is 2.58. The maximum absolute atomic E-state index is 11.0. The first-order chi connectivity index (χ1) is 5.70. The minimum Gasteiger partial charge on any atom is -0.480 e. The van der Waals surface area contributed by atoms with Crippen LogP contribution in [0.3, 0.4) is 0 Å². The maximum Gasteiger partial charge on any atom is 0.324 e. The number of Topliss-reactive ketones (excluding diaryl/α,β-unsaturated/α-hetero) is 1. The zero-order valence-electron chi connectivity index (χ0n) is 6.55. The largest absolute Gasteiger partial charge is 0.480 e. The summed E-state index contributed by atoms with van der Waals surface area (Å²) in [5.41, 5.74) is -2.39. The topological polar surface area (TPSA) is 74.6 Å². The fourth-order valence-corrected chi connectivity index (χ4v) is 1.56. The van der Waals surface area contributed by atoms with E-state index < -0.39 is 27.6 Å². The molecule has 1 atom stereocenters. The van der Waals surface area contributed by atoms with Crippen molar-refractivity contribution in [2.45, 2.75) is 10.7 Å². The molecule has 0 radical (unpaired) electrons. The number of aliphatic hydroxyl groups is 1. The van der Waals surface area contributed by atoms with Gasteiger partial charge in [0.05, 0.1) is 6.61 Å². The van der Waals surface area contributed by atoms with E-state index in [4.69, 9.17) is 45.0 Å². The minimum absolute atomic E-state index is 0.914. The Balaban J connectivity index is 5.38. The third-order valence-corrected chi connectivity index (χ3v) is 2.66. The molecule has 0 aliphatic rings. The Bertz CT molecular complexity index is 219. The summed E-state index contributed by atoms with van der Waals surface area (Å²) < 4.78 is -2.38. The van der Waals surface area contributed by atoms with Crippen molar-refractivity contribution in [3.63, 3.8) is 0 Å². The molecule has 0 bridgehead atoms. The van der Waals surface area contributed by atoms with Crippen molar-refractivity contribution in [3.8, 4) is 0 Å². The van der Waals surface area contributed by atoms with Gasteiger partial charge in [-0.05, 0) is 6.92 Å². The Morgan fingerprint density at radius 2 is 1.69 bits per heavy atom. The average molecular weight is 249 g/mol. The summed E-state index contributed by atoms with van der Waals surface area (Å²) in [6.07, 6.45) is 0. The molecular weight excluding hydrogens is 242 g/mol. The van der Waals surface area contributed by atoms with Crippen molar-refractivity contribution in [1.29, 1.82) is 0 Å². The number of carboxylic acid groups (broad SMARTS) is 1. The van der Waals surface area contributed by atoms with Gasteiger partial charge in [0.25, 0.3) is 0 Å². The van der Waals surface area contributed by atoms with E-state index in [2.05, 4.69) is 0 Å². The van der Waals surface area contributed by atoms with E-state index in [9.17, 15) is 9.59 Å². The second-order valence-electron chi connectivity index (χ2n) is 2.42. The van der Waals surface area contributed by atoms with Gasteiger partial charge in [0, 0.05) is 0 Å². The number of rotatable bonds is 3. The lowest BCUT2D eigenvalue weighted by Gasteiger charge is -2.30. The average Bonchev–Trinajstić information content (AvgIpc) is 1.83. The van der Waals surface area contributed by atoms with Gasteiger partial charge < -0.3 is 10.2 Å². The Kier molecular flexibility index (Phi) is 3.99. The highest BCUT2D eigenvalue weighted by atomic mass is 35.6. The number of aliphatic hydroxyl groups excluding tert-OH is 1. The van der Waals surface area contributed by atoms with Crippen LogP contribution in [-0.2, 0) is 9.59 Å². The summed E-state index contributed by atoms with van der Waals surface area (Å²) in [7, 11) is 0. The molecule has 0 aliphatic heterocycles. The molecule has 0 heterocycles. The molecule has 0 fully saturated rings. The highest BCUT2D eigenvalue weighted by molar-refractivity contribution is 6.70. The van der Waals surface area contributed by atoms with Crippen LogP contribution in [-0.4, -0.2) is 32.4 Å². The van der Waals surface area contributed by atoms with Gasteiger partial charge in [-0.15, -0.1) is 0 Å². The van der Waals surface area contributed by atoms with E-state index in [1.54, 1.807) is 0 Å². The fraction of sp³-hybridized carbons (Fsp3) is 0.667. The summed E-state index contributed by atoms with van der Waals surface area (Å²) in [6, 6.07) is 0. The Hall–Kier alpha value is -0.0300. The van der Waals surface area contributed by atoms with Gasteiger partial charge in [-0.1, -0.05) is 34.8 Å². The monoisotopic (exact) mass is 248 g/mol. The van der Waals surface area contributed by atoms with Crippen LogP contribution in [0.4, 0.5) is 0 Å². The summed E-state index contributed by atoms with van der Waals surface area (Å²) in [5, 5.41) is 17.5. The van der Waals surface area contributed by atoms with Crippen LogP contribution in [0.15, 0.2) is 0 Å².